The predicted octanol–water partition coefficient (Wildman–Crippen LogP) is 2.08. The molecule has 0 aromatic heterocycles. The molecule has 2 unspecified atom stereocenters. The molecule has 4 heteroatoms. The van der Waals surface area contributed by atoms with Gasteiger partial charge in [0.25, 0.3) is 0 Å². The summed E-state index contributed by atoms with van der Waals surface area (Å²) in [5.74, 6) is 0.711. The van der Waals surface area contributed by atoms with E-state index in [1.807, 2.05) is 25.7 Å². The highest BCUT2D eigenvalue weighted by atomic mass is 16.2. The Kier molecular flexibility index (Phi) is 4.16. The minimum absolute atomic E-state index is 0.0180. The van der Waals surface area contributed by atoms with Crippen molar-refractivity contribution in [3.63, 3.8) is 0 Å². The Morgan fingerprint density at radius 3 is 2.42 bits per heavy atom. The number of nitrogens with zero attached hydrogens (tertiary/aromatic N) is 1. The molecule has 1 N–H and O–H groups in total. The van der Waals surface area contributed by atoms with Gasteiger partial charge in [0.1, 0.15) is 11.6 Å². The molecule has 2 aliphatic rings. The predicted molar refractivity (Wildman–Crippen MR) is 74.6 cm³/mol. The van der Waals surface area contributed by atoms with E-state index in [1.165, 1.54) is 25.7 Å². The Bertz CT molecular complexity index is 363. The van der Waals surface area contributed by atoms with Gasteiger partial charge in [-0.25, -0.2) is 0 Å². The zero-order valence-electron chi connectivity index (χ0n) is 12.4. The van der Waals surface area contributed by atoms with Crippen LogP contribution in [-0.2, 0) is 9.59 Å². The molecule has 2 atom stereocenters. The molecule has 2 fully saturated rings. The van der Waals surface area contributed by atoms with Crippen molar-refractivity contribution in [3.8, 4) is 0 Å². The molecule has 108 valence electrons. The van der Waals surface area contributed by atoms with E-state index in [9.17, 15) is 9.59 Å². The minimum Gasteiger partial charge on any atom is -0.340 e. The molecule has 1 aliphatic carbocycles. The van der Waals surface area contributed by atoms with Gasteiger partial charge in [-0.05, 0) is 38.5 Å². The highest BCUT2D eigenvalue weighted by Gasteiger charge is 2.46. The van der Waals surface area contributed by atoms with Gasteiger partial charge in [-0.2, -0.15) is 0 Å². The maximum Gasteiger partial charge on any atom is 0.248 e. The Hall–Kier alpha value is -1.06. The van der Waals surface area contributed by atoms with E-state index in [0.29, 0.717) is 18.8 Å². The first kappa shape index (κ1) is 14.4. The highest BCUT2D eigenvalue weighted by molar-refractivity contribution is 5.99. The summed E-state index contributed by atoms with van der Waals surface area (Å²) >= 11 is 0. The fourth-order valence-electron chi connectivity index (χ4n) is 3.34. The van der Waals surface area contributed by atoms with E-state index in [2.05, 4.69) is 5.32 Å². The second-order valence-corrected chi connectivity index (χ2v) is 6.21. The van der Waals surface area contributed by atoms with Gasteiger partial charge >= 0.3 is 0 Å². The van der Waals surface area contributed by atoms with E-state index in [4.69, 9.17) is 0 Å². The summed E-state index contributed by atoms with van der Waals surface area (Å²) in [5.41, 5.74) is -0.707. The summed E-state index contributed by atoms with van der Waals surface area (Å²) in [5, 5.41) is 2.92. The zero-order chi connectivity index (χ0) is 14.0. The number of piperazine rings is 1. The summed E-state index contributed by atoms with van der Waals surface area (Å²) in [4.78, 5) is 26.8. The van der Waals surface area contributed by atoms with Gasteiger partial charge in [0, 0.05) is 6.54 Å². The van der Waals surface area contributed by atoms with Crippen molar-refractivity contribution in [2.24, 2.45) is 5.92 Å². The van der Waals surface area contributed by atoms with Crippen molar-refractivity contribution < 1.29 is 9.59 Å². The lowest BCUT2D eigenvalue weighted by atomic mass is 9.90. The second-order valence-electron chi connectivity index (χ2n) is 6.21. The maximum atomic E-state index is 12.7. The molecule has 0 aromatic rings. The number of rotatable bonds is 4. The van der Waals surface area contributed by atoms with Crippen LogP contribution in [0.4, 0.5) is 0 Å². The summed E-state index contributed by atoms with van der Waals surface area (Å²) in [7, 11) is 0. The van der Waals surface area contributed by atoms with Crippen LogP contribution < -0.4 is 5.32 Å². The molecule has 0 radical (unpaired) electrons. The summed E-state index contributed by atoms with van der Waals surface area (Å²) < 4.78 is 0. The van der Waals surface area contributed by atoms with E-state index in [-0.39, 0.29) is 17.9 Å². The van der Waals surface area contributed by atoms with Crippen LogP contribution in [0.3, 0.4) is 0 Å². The number of hydrogen-bond donors (Lipinski definition) is 1. The van der Waals surface area contributed by atoms with Gasteiger partial charge in [0.15, 0.2) is 0 Å². The lowest BCUT2D eigenvalue weighted by molar-refractivity contribution is -0.155. The standard InChI is InChI=1S/C15H26N2O2/c1-4-12-13(18)16-15(3,5-2)14(19)17(12)10-11-8-6-7-9-11/h11-12H,4-10H2,1-3H3,(H,16,18). The van der Waals surface area contributed by atoms with Gasteiger partial charge in [-0.1, -0.05) is 26.7 Å². The Morgan fingerprint density at radius 1 is 1.26 bits per heavy atom. The van der Waals surface area contributed by atoms with Crippen LogP contribution in [-0.4, -0.2) is 34.8 Å². The molecule has 19 heavy (non-hydrogen) atoms. The molecule has 0 bridgehead atoms. The van der Waals surface area contributed by atoms with E-state index in [1.54, 1.807) is 0 Å². The topological polar surface area (TPSA) is 49.4 Å². The smallest absolute Gasteiger partial charge is 0.248 e. The van der Waals surface area contributed by atoms with Gasteiger partial charge in [0.2, 0.25) is 11.8 Å². The van der Waals surface area contributed by atoms with Crippen LogP contribution in [0, 0.1) is 5.92 Å². The molecule has 1 aliphatic heterocycles. The van der Waals surface area contributed by atoms with Crippen LogP contribution >= 0.6 is 0 Å². The Morgan fingerprint density at radius 2 is 1.89 bits per heavy atom. The van der Waals surface area contributed by atoms with Crippen LogP contribution in [0.25, 0.3) is 0 Å². The lowest BCUT2D eigenvalue weighted by Crippen LogP contribution is -2.69. The number of hydrogen-bond acceptors (Lipinski definition) is 2. The van der Waals surface area contributed by atoms with E-state index in [0.717, 1.165) is 6.54 Å². The summed E-state index contributed by atoms with van der Waals surface area (Å²) in [6.07, 6.45) is 6.27. The quantitative estimate of drug-likeness (QED) is 0.847. The van der Waals surface area contributed by atoms with Crippen molar-refractivity contribution in [2.45, 2.75) is 70.9 Å². The molecule has 0 aromatic carbocycles. The monoisotopic (exact) mass is 266 g/mol. The zero-order valence-corrected chi connectivity index (χ0v) is 12.4. The van der Waals surface area contributed by atoms with Crippen molar-refractivity contribution >= 4 is 11.8 Å². The fraction of sp³-hybridized carbons (Fsp3) is 0.867. The molecule has 4 nitrogen and oxygen atoms in total. The molecular formula is C15H26N2O2. The normalized spacial score (nSPS) is 32.8. The van der Waals surface area contributed by atoms with Crippen LogP contribution in [0.1, 0.15) is 59.3 Å². The van der Waals surface area contributed by atoms with E-state index < -0.39 is 5.54 Å². The average molecular weight is 266 g/mol. The third-order valence-corrected chi connectivity index (χ3v) is 4.83. The second kappa shape index (κ2) is 5.51. The maximum absolute atomic E-state index is 12.7. The van der Waals surface area contributed by atoms with Gasteiger partial charge in [0.05, 0.1) is 0 Å². The number of amides is 2. The number of nitrogens with one attached hydrogen (secondary N) is 1. The molecule has 2 amide bonds. The Balaban J connectivity index is 2.18. The first-order valence-electron chi connectivity index (χ1n) is 7.65. The molecule has 1 saturated carbocycles. The highest BCUT2D eigenvalue weighted by Crippen LogP contribution is 2.29. The van der Waals surface area contributed by atoms with Gasteiger partial charge in [-0.15, -0.1) is 0 Å². The van der Waals surface area contributed by atoms with Crippen LogP contribution in [0.2, 0.25) is 0 Å². The Labute approximate surface area is 115 Å². The third-order valence-electron chi connectivity index (χ3n) is 4.83. The molecule has 1 heterocycles. The molecule has 2 rings (SSSR count). The van der Waals surface area contributed by atoms with Crippen LogP contribution in [0.5, 0.6) is 0 Å². The third kappa shape index (κ3) is 2.63. The first-order chi connectivity index (χ1) is 9.01. The number of carbonyl (C=O) groups excluding carboxylic acids is 2. The summed E-state index contributed by atoms with van der Waals surface area (Å²) in [6, 6.07) is -0.271. The summed E-state index contributed by atoms with van der Waals surface area (Å²) in [6.45, 7) is 6.55. The minimum atomic E-state index is -0.707. The van der Waals surface area contributed by atoms with E-state index >= 15 is 0 Å². The SMILES string of the molecule is CCC1C(=O)NC(C)(CC)C(=O)N1CC1CCCC1. The lowest BCUT2D eigenvalue weighted by Gasteiger charge is -2.44. The number of carbonyl (C=O) groups is 2. The van der Waals surface area contributed by atoms with Crippen molar-refractivity contribution in [2.75, 3.05) is 6.54 Å². The average Bonchev–Trinajstić information content (AvgIpc) is 2.89. The first-order valence-corrected chi connectivity index (χ1v) is 7.65. The molecule has 1 saturated heterocycles. The van der Waals surface area contributed by atoms with Gasteiger partial charge in [-0.3, -0.25) is 9.59 Å². The van der Waals surface area contributed by atoms with Crippen molar-refractivity contribution in [1.82, 2.24) is 10.2 Å². The van der Waals surface area contributed by atoms with Crippen LogP contribution in [0.15, 0.2) is 0 Å². The fourth-order valence-corrected chi connectivity index (χ4v) is 3.34. The largest absolute Gasteiger partial charge is 0.340 e. The molecular weight excluding hydrogens is 240 g/mol. The van der Waals surface area contributed by atoms with Crippen molar-refractivity contribution in [3.05, 3.63) is 0 Å². The van der Waals surface area contributed by atoms with Crippen molar-refractivity contribution in [1.29, 1.82) is 0 Å². The van der Waals surface area contributed by atoms with Gasteiger partial charge < -0.3 is 10.2 Å². The molecule has 0 spiro atoms.